The Morgan fingerprint density at radius 2 is 2.06 bits per heavy atom. The molecule has 9 heteroatoms. The number of fused-ring (bicyclic) bond motifs is 2. The van der Waals surface area contributed by atoms with Crippen molar-refractivity contribution < 1.29 is 14.3 Å². The van der Waals surface area contributed by atoms with Gasteiger partial charge in [-0.3, -0.25) is 4.79 Å². The first-order valence-electron chi connectivity index (χ1n) is 11.0. The van der Waals surface area contributed by atoms with E-state index in [2.05, 4.69) is 19.9 Å². The van der Waals surface area contributed by atoms with Gasteiger partial charge in [0.25, 0.3) is 5.91 Å². The molecule has 0 aliphatic carbocycles. The number of anilines is 1. The Kier molecular flexibility index (Phi) is 5.33. The Labute approximate surface area is 190 Å². The van der Waals surface area contributed by atoms with Crippen molar-refractivity contribution in [1.29, 1.82) is 0 Å². The second-order valence-corrected chi connectivity index (χ2v) is 8.14. The monoisotopic (exact) mass is 446 g/mol. The summed E-state index contributed by atoms with van der Waals surface area (Å²) >= 11 is 0. The molecule has 170 valence electrons. The van der Waals surface area contributed by atoms with Crippen LogP contribution in [0.2, 0.25) is 0 Å². The number of nitrogen functional groups attached to an aromatic ring is 1. The quantitative estimate of drug-likeness (QED) is 0.493. The summed E-state index contributed by atoms with van der Waals surface area (Å²) in [6, 6.07) is 9.54. The van der Waals surface area contributed by atoms with Gasteiger partial charge in [-0.25, -0.2) is 15.0 Å². The Morgan fingerprint density at radius 3 is 2.88 bits per heavy atom. The zero-order valence-electron chi connectivity index (χ0n) is 18.9. The standard InChI is InChI=1S/C24H26N6O3/c1-4-32-15-5-7-18-17(11-15)13(2)21(28-18)24(31)30-9-10-33-20(12-30)19-8-6-16-22(25)26-14(3)27-23(16)29-19/h5-8,11,20,28H,4,9-10,12H2,1-3H3,(H2,25,26,27,29). The SMILES string of the molecule is CCOc1ccc2[nH]c(C(=O)N3CCOC(c4ccc5c(N)nc(C)nc5n4)C3)c(C)c2c1. The van der Waals surface area contributed by atoms with E-state index < -0.39 is 0 Å². The van der Waals surface area contributed by atoms with E-state index in [1.807, 2.05) is 44.2 Å². The molecular weight excluding hydrogens is 420 g/mol. The Bertz CT molecular complexity index is 1370. The molecule has 4 heterocycles. The van der Waals surface area contributed by atoms with Crippen LogP contribution in [0.1, 0.15) is 40.6 Å². The number of H-pyrrole nitrogens is 1. The third kappa shape index (κ3) is 3.84. The molecule has 0 radical (unpaired) electrons. The van der Waals surface area contributed by atoms with Gasteiger partial charge >= 0.3 is 0 Å². The lowest BCUT2D eigenvalue weighted by molar-refractivity contribution is -0.0247. The molecule has 5 rings (SSSR count). The van der Waals surface area contributed by atoms with E-state index >= 15 is 0 Å². The second kappa shape index (κ2) is 8.32. The number of hydrogen-bond donors (Lipinski definition) is 2. The number of nitrogens with two attached hydrogens (primary N) is 1. The van der Waals surface area contributed by atoms with E-state index in [4.69, 9.17) is 15.2 Å². The number of rotatable bonds is 4. The van der Waals surface area contributed by atoms with Crippen LogP contribution in [0, 0.1) is 13.8 Å². The molecule has 3 aromatic heterocycles. The van der Waals surface area contributed by atoms with Crippen LogP contribution in [0.3, 0.4) is 0 Å². The fourth-order valence-corrected chi connectivity index (χ4v) is 4.29. The van der Waals surface area contributed by atoms with Crippen LogP contribution in [0.5, 0.6) is 5.75 Å². The van der Waals surface area contributed by atoms with Gasteiger partial charge in [0, 0.05) is 17.4 Å². The number of aromatic nitrogens is 4. The van der Waals surface area contributed by atoms with Crippen molar-refractivity contribution in [1.82, 2.24) is 24.8 Å². The van der Waals surface area contributed by atoms with Crippen molar-refractivity contribution >= 4 is 33.7 Å². The number of hydrogen-bond acceptors (Lipinski definition) is 7. The molecule has 0 spiro atoms. The number of carbonyl (C=O) groups excluding carboxylic acids is 1. The van der Waals surface area contributed by atoms with Crippen molar-refractivity contribution in [2.45, 2.75) is 26.9 Å². The highest BCUT2D eigenvalue weighted by molar-refractivity contribution is 6.01. The Hall–Kier alpha value is -3.72. The van der Waals surface area contributed by atoms with Crippen molar-refractivity contribution in [2.75, 3.05) is 32.0 Å². The first-order valence-corrected chi connectivity index (χ1v) is 11.0. The van der Waals surface area contributed by atoms with Gasteiger partial charge in [0.05, 0.1) is 30.8 Å². The molecule has 0 bridgehead atoms. The molecule has 33 heavy (non-hydrogen) atoms. The molecule has 1 atom stereocenters. The molecule has 1 aliphatic rings. The van der Waals surface area contributed by atoms with E-state index in [0.717, 1.165) is 22.2 Å². The van der Waals surface area contributed by atoms with Gasteiger partial charge < -0.3 is 25.1 Å². The molecule has 0 saturated carbocycles. The second-order valence-electron chi connectivity index (χ2n) is 8.14. The van der Waals surface area contributed by atoms with E-state index in [0.29, 0.717) is 60.4 Å². The van der Waals surface area contributed by atoms with Crippen molar-refractivity contribution in [3.05, 3.63) is 53.1 Å². The van der Waals surface area contributed by atoms with E-state index in [-0.39, 0.29) is 12.0 Å². The van der Waals surface area contributed by atoms with E-state index in [1.165, 1.54) is 0 Å². The smallest absolute Gasteiger partial charge is 0.270 e. The molecule has 4 aromatic rings. The van der Waals surface area contributed by atoms with Gasteiger partial charge in [0.15, 0.2) is 5.65 Å². The molecule has 3 N–H and O–H groups in total. The minimum atomic E-state index is -0.349. The number of nitrogens with zero attached hydrogens (tertiary/aromatic N) is 4. The number of pyridine rings is 1. The number of amides is 1. The third-order valence-corrected chi connectivity index (χ3v) is 5.96. The lowest BCUT2D eigenvalue weighted by Crippen LogP contribution is -2.42. The number of benzene rings is 1. The maximum atomic E-state index is 13.4. The van der Waals surface area contributed by atoms with E-state index in [1.54, 1.807) is 11.8 Å². The molecule has 9 nitrogen and oxygen atoms in total. The van der Waals surface area contributed by atoms with E-state index in [9.17, 15) is 4.79 Å². The van der Waals surface area contributed by atoms with Gasteiger partial charge in [-0.15, -0.1) is 0 Å². The van der Waals surface area contributed by atoms with Gasteiger partial charge in [-0.2, -0.15) is 0 Å². The zero-order chi connectivity index (χ0) is 23.1. The summed E-state index contributed by atoms with van der Waals surface area (Å²) in [5.41, 5.74) is 9.64. The lowest BCUT2D eigenvalue weighted by atomic mass is 10.1. The van der Waals surface area contributed by atoms with Gasteiger partial charge in [0.2, 0.25) is 0 Å². The van der Waals surface area contributed by atoms with Crippen molar-refractivity contribution in [3.8, 4) is 5.75 Å². The van der Waals surface area contributed by atoms with Crippen LogP contribution >= 0.6 is 0 Å². The third-order valence-electron chi connectivity index (χ3n) is 5.96. The highest BCUT2D eigenvalue weighted by atomic mass is 16.5. The largest absolute Gasteiger partial charge is 0.494 e. The summed E-state index contributed by atoms with van der Waals surface area (Å²) in [4.78, 5) is 31.8. The first kappa shape index (κ1) is 21.1. The molecule has 1 aromatic carbocycles. The number of aromatic amines is 1. The summed E-state index contributed by atoms with van der Waals surface area (Å²) in [6.07, 6.45) is -0.349. The maximum Gasteiger partial charge on any atom is 0.270 e. The van der Waals surface area contributed by atoms with Crippen LogP contribution < -0.4 is 10.5 Å². The Balaban J connectivity index is 1.41. The average molecular weight is 447 g/mol. The fourth-order valence-electron chi connectivity index (χ4n) is 4.29. The predicted octanol–water partition coefficient (Wildman–Crippen LogP) is 3.32. The van der Waals surface area contributed by atoms with Crippen LogP contribution in [-0.2, 0) is 4.74 Å². The summed E-state index contributed by atoms with van der Waals surface area (Å²) in [6.45, 7) is 7.61. The number of aryl methyl sites for hydroxylation is 2. The number of ether oxygens (including phenoxy) is 2. The fraction of sp³-hybridized carbons (Fsp3) is 0.333. The highest BCUT2D eigenvalue weighted by Crippen LogP contribution is 2.29. The van der Waals surface area contributed by atoms with Gasteiger partial charge in [-0.1, -0.05) is 0 Å². The number of nitrogens with one attached hydrogen (secondary N) is 1. The normalized spacial score (nSPS) is 16.5. The molecule has 1 unspecified atom stereocenters. The summed E-state index contributed by atoms with van der Waals surface area (Å²) in [5.74, 6) is 1.70. The lowest BCUT2D eigenvalue weighted by Gasteiger charge is -2.32. The minimum Gasteiger partial charge on any atom is -0.494 e. The summed E-state index contributed by atoms with van der Waals surface area (Å²) in [7, 11) is 0. The number of morpholine rings is 1. The molecular formula is C24H26N6O3. The minimum absolute atomic E-state index is 0.0573. The molecule has 1 amide bonds. The topological polar surface area (TPSA) is 119 Å². The number of carbonyl (C=O) groups is 1. The van der Waals surface area contributed by atoms with Crippen molar-refractivity contribution in [2.24, 2.45) is 0 Å². The average Bonchev–Trinajstić information content (AvgIpc) is 3.14. The van der Waals surface area contributed by atoms with Crippen molar-refractivity contribution in [3.63, 3.8) is 0 Å². The zero-order valence-corrected chi connectivity index (χ0v) is 18.9. The highest BCUT2D eigenvalue weighted by Gasteiger charge is 2.29. The van der Waals surface area contributed by atoms with Crippen LogP contribution in [-0.4, -0.2) is 57.0 Å². The predicted molar refractivity (Wildman–Crippen MR) is 125 cm³/mol. The van der Waals surface area contributed by atoms with Gasteiger partial charge in [-0.05, 0) is 56.7 Å². The summed E-state index contributed by atoms with van der Waals surface area (Å²) < 4.78 is 11.6. The molecule has 1 saturated heterocycles. The summed E-state index contributed by atoms with van der Waals surface area (Å²) in [5, 5.41) is 1.69. The maximum absolute atomic E-state index is 13.4. The molecule has 1 aliphatic heterocycles. The van der Waals surface area contributed by atoms with Crippen LogP contribution in [0.15, 0.2) is 30.3 Å². The van der Waals surface area contributed by atoms with Gasteiger partial charge in [0.1, 0.15) is 29.2 Å². The van der Waals surface area contributed by atoms with Crippen LogP contribution in [0.25, 0.3) is 21.9 Å². The Morgan fingerprint density at radius 1 is 1.21 bits per heavy atom. The van der Waals surface area contributed by atoms with Crippen LogP contribution in [0.4, 0.5) is 5.82 Å². The molecule has 1 fully saturated rings. The first-order chi connectivity index (χ1) is 15.9.